The molecule has 6 rings (SSSR count). The summed E-state index contributed by atoms with van der Waals surface area (Å²) in [7, 11) is 1.65. The molecule has 4 saturated carbocycles. The van der Waals surface area contributed by atoms with Crippen molar-refractivity contribution in [3.8, 4) is 5.75 Å². The topological polar surface area (TPSA) is 39.2 Å². The van der Waals surface area contributed by atoms with Crippen molar-refractivity contribution in [2.75, 3.05) is 7.11 Å². The van der Waals surface area contributed by atoms with Gasteiger partial charge in [-0.05, 0) is 86.0 Å². The number of hydrogen-bond acceptors (Lipinski definition) is 3. The van der Waals surface area contributed by atoms with Gasteiger partial charge >= 0.3 is 0 Å². The maximum atomic E-state index is 12.8. The lowest BCUT2D eigenvalue weighted by Gasteiger charge is -2.55. The van der Waals surface area contributed by atoms with Crippen LogP contribution in [0.25, 0.3) is 10.9 Å². The molecule has 0 atom stereocenters. The van der Waals surface area contributed by atoms with Crippen LogP contribution < -0.4 is 4.74 Å². The maximum Gasteiger partial charge on any atom is 0.187 e. The number of hydrogen-bond donors (Lipinski definition) is 0. The summed E-state index contributed by atoms with van der Waals surface area (Å²) in [6.45, 7) is 0. The molecule has 1 aromatic heterocycles. The molecule has 0 aliphatic heterocycles. The molecule has 3 nitrogen and oxygen atoms in total. The minimum Gasteiger partial charge on any atom is -0.497 e. The fraction of sp³-hybridized carbons (Fsp3) is 0.478. The quantitative estimate of drug-likeness (QED) is 0.564. The smallest absolute Gasteiger partial charge is 0.187 e. The number of carbonyl (C=O) groups is 1. The van der Waals surface area contributed by atoms with E-state index in [9.17, 15) is 4.79 Å². The van der Waals surface area contributed by atoms with Crippen molar-refractivity contribution >= 4 is 16.7 Å². The van der Waals surface area contributed by atoms with Crippen molar-refractivity contribution in [2.24, 2.45) is 23.2 Å². The molecule has 26 heavy (non-hydrogen) atoms. The summed E-state index contributed by atoms with van der Waals surface area (Å²) in [5, 5.41) is 0.972. The van der Waals surface area contributed by atoms with Gasteiger partial charge in [-0.25, -0.2) is 0 Å². The number of methoxy groups -OCH3 is 1. The van der Waals surface area contributed by atoms with Crippen LogP contribution in [0.4, 0.5) is 0 Å². The van der Waals surface area contributed by atoms with Crippen LogP contribution in [0, 0.1) is 23.2 Å². The fourth-order valence-electron chi connectivity index (χ4n) is 6.09. The molecule has 4 aliphatic carbocycles. The Balaban J connectivity index is 1.38. The molecule has 0 unspecified atom stereocenters. The SMILES string of the molecule is COc1ccc2cc(C(=O)/C=C/C34CC5CC(CC(C5)C3)C4)cnc2c1. The third kappa shape index (κ3) is 2.74. The molecule has 4 aliphatic rings. The second kappa shape index (κ2) is 5.94. The van der Waals surface area contributed by atoms with Crippen LogP contribution in [-0.4, -0.2) is 17.9 Å². The average Bonchev–Trinajstić information content (AvgIpc) is 2.64. The highest BCUT2D eigenvalue weighted by Gasteiger charge is 2.49. The number of pyridine rings is 1. The molecule has 3 heteroatoms. The van der Waals surface area contributed by atoms with Gasteiger partial charge in [-0.3, -0.25) is 9.78 Å². The van der Waals surface area contributed by atoms with Gasteiger partial charge in [0.05, 0.1) is 12.6 Å². The van der Waals surface area contributed by atoms with Gasteiger partial charge < -0.3 is 4.74 Å². The zero-order chi connectivity index (χ0) is 17.7. The van der Waals surface area contributed by atoms with Crippen LogP contribution in [0.15, 0.2) is 42.6 Å². The Bertz CT molecular complexity index is 863. The molecule has 0 N–H and O–H groups in total. The zero-order valence-corrected chi connectivity index (χ0v) is 15.3. The molecule has 134 valence electrons. The molecule has 4 bridgehead atoms. The van der Waals surface area contributed by atoms with Crippen molar-refractivity contribution in [2.45, 2.75) is 38.5 Å². The van der Waals surface area contributed by atoms with Gasteiger partial charge in [0.25, 0.3) is 0 Å². The van der Waals surface area contributed by atoms with Gasteiger partial charge in [-0.15, -0.1) is 0 Å². The van der Waals surface area contributed by atoms with Gasteiger partial charge in [-0.1, -0.05) is 6.08 Å². The maximum absolute atomic E-state index is 12.8. The van der Waals surface area contributed by atoms with Crippen LogP contribution in [0.1, 0.15) is 48.9 Å². The van der Waals surface area contributed by atoms with Crippen LogP contribution in [0.2, 0.25) is 0 Å². The molecular weight excluding hydrogens is 322 g/mol. The zero-order valence-electron chi connectivity index (χ0n) is 15.3. The van der Waals surface area contributed by atoms with E-state index in [-0.39, 0.29) is 5.78 Å². The van der Waals surface area contributed by atoms with Crippen molar-refractivity contribution in [1.29, 1.82) is 0 Å². The predicted molar refractivity (Wildman–Crippen MR) is 102 cm³/mol. The number of rotatable bonds is 4. The molecular formula is C23H25NO2. The van der Waals surface area contributed by atoms with Crippen LogP contribution in [0.3, 0.4) is 0 Å². The molecule has 4 fully saturated rings. The standard InChI is InChI=1S/C23H25NO2/c1-26-20-3-2-18-9-19(14-24-21(18)10-20)22(25)4-5-23-11-15-6-16(12-23)8-17(7-15)13-23/h2-5,9-10,14-17H,6-8,11-13H2,1H3/b5-4+. The fourth-order valence-corrected chi connectivity index (χ4v) is 6.09. The summed E-state index contributed by atoms with van der Waals surface area (Å²) >= 11 is 0. The molecule has 0 radical (unpaired) electrons. The van der Waals surface area contributed by atoms with Gasteiger partial charge in [0.2, 0.25) is 0 Å². The van der Waals surface area contributed by atoms with E-state index in [0.29, 0.717) is 11.0 Å². The molecule has 1 aromatic carbocycles. The lowest BCUT2D eigenvalue weighted by molar-refractivity contribution is -0.0238. The minimum absolute atomic E-state index is 0.0750. The Hall–Kier alpha value is -2.16. The van der Waals surface area contributed by atoms with E-state index in [1.54, 1.807) is 13.3 Å². The summed E-state index contributed by atoms with van der Waals surface area (Å²) < 4.78 is 5.24. The van der Waals surface area contributed by atoms with Crippen molar-refractivity contribution in [3.63, 3.8) is 0 Å². The molecule has 0 saturated heterocycles. The molecule has 0 spiro atoms. The summed E-state index contributed by atoms with van der Waals surface area (Å²) in [6, 6.07) is 7.70. The average molecular weight is 347 g/mol. The van der Waals surface area contributed by atoms with E-state index >= 15 is 0 Å². The van der Waals surface area contributed by atoms with E-state index in [0.717, 1.165) is 34.4 Å². The summed E-state index contributed by atoms with van der Waals surface area (Å²) in [5.41, 5.74) is 1.82. The number of allylic oxidation sites excluding steroid dienone is 2. The number of nitrogens with zero attached hydrogens (tertiary/aromatic N) is 1. The lowest BCUT2D eigenvalue weighted by Crippen LogP contribution is -2.45. The van der Waals surface area contributed by atoms with Gasteiger partial charge in [0, 0.05) is 23.2 Å². The Morgan fingerprint density at radius 2 is 1.81 bits per heavy atom. The normalized spacial score (nSPS) is 32.4. The van der Waals surface area contributed by atoms with E-state index in [1.165, 1.54) is 38.5 Å². The van der Waals surface area contributed by atoms with Crippen LogP contribution in [0.5, 0.6) is 5.75 Å². The number of carbonyl (C=O) groups excluding carboxylic acids is 1. The second-order valence-corrected chi connectivity index (χ2v) is 8.76. The number of ether oxygens (including phenoxy) is 1. The van der Waals surface area contributed by atoms with Crippen molar-refractivity contribution in [1.82, 2.24) is 4.98 Å². The second-order valence-electron chi connectivity index (χ2n) is 8.76. The van der Waals surface area contributed by atoms with Gasteiger partial charge in [-0.2, -0.15) is 0 Å². The minimum atomic E-state index is 0.0750. The number of aromatic nitrogens is 1. The monoisotopic (exact) mass is 347 g/mol. The Labute approximate surface area is 154 Å². The largest absolute Gasteiger partial charge is 0.497 e. The summed E-state index contributed by atoms with van der Waals surface area (Å²) in [6.07, 6.45) is 13.9. The number of benzene rings is 1. The van der Waals surface area contributed by atoms with E-state index in [1.807, 2.05) is 30.3 Å². The van der Waals surface area contributed by atoms with E-state index in [4.69, 9.17) is 4.74 Å². The third-order valence-corrected chi connectivity index (χ3v) is 6.85. The van der Waals surface area contributed by atoms with Crippen molar-refractivity contribution < 1.29 is 9.53 Å². The van der Waals surface area contributed by atoms with Crippen molar-refractivity contribution in [3.05, 3.63) is 48.2 Å². The Kier molecular flexibility index (Phi) is 3.66. The van der Waals surface area contributed by atoms with Gasteiger partial charge in [0.15, 0.2) is 5.78 Å². The predicted octanol–water partition coefficient (Wildman–Crippen LogP) is 5.20. The van der Waals surface area contributed by atoms with Crippen LogP contribution in [-0.2, 0) is 0 Å². The highest BCUT2D eigenvalue weighted by molar-refractivity contribution is 6.06. The summed E-state index contributed by atoms with van der Waals surface area (Å²) in [5.74, 6) is 3.56. The number of ketones is 1. The first kappa shape index (κ1) is 16.0. The molecule has 0 amide bonds. The summed E-state index contributed by atoms with van der Waals surface area (Å²) in [4.78, 5) is 17.2. The van der Waals surface area contributed by atoms with Crippen LogP contribution >= 0.6 is 0 Å². The highest BCUT2D eigenvalue weighted by atomic mass is 16.5. The first-order chi connectivity index (χ1) is 12.6. The molecule has 1 heterocycles. The lowest BCUT2D eigenvalue weighted by atomic mass is 9.49. The molecule has 2 aromatic rings. The number of fused-ring (bicyclic) bond motifs is 1. The highest BCUT2D eigenvalue weighted by Crippen LogP contribution is 2.60. The van der Waals surface area contributed by atoms with E-state index < -0.39 is 0 Å². The Morgan fingerprint density at radius 3 is 2.46 bits per heavy atom. The van der Waals surface area contributed by atoms with Gasteiger partial charge in [0.1, 0.15) is 5.75 Å². The third-order valence-electron chi connectivity index (χ3n) is 6.85. The Morgan fingerprint density at radius 1 is 1.12 bits per heavy atom. The first-order valence-corrected chi connectivity index (χ1v) is 9.80. The van der Waals surface area contributed by atoms with E-state index in [2.05, 4.69) is 11.1 Å². The first-order valence-electron chi connectivity index (χ1n) is 9.80.